The number of thiocarbonyl (C=S) groups is 1. The van der Waals surface area contributed by atoms with Crippen molar-refractivity contribution in [3.8, 4) is 5.75 Å². The van der Waals surface area contributed by atoms with Gasteiger partial charge in [-0.05, 0) is 48.5 Å². The summed E-state index contributed by atoms with van der Waals surface area (Å²) >= 11 is 19.6. The fourth-order valence-corrected chi connectivity index (χ4v) is 4.23. The van der Waals surface area contributed by atoms with Gasteiger partial charge < -0.3 is 9.30 Å². The first-order valence-corrected chi connectivity index (χ1v) is 9.96. The number of alkyl halides is 1. The summed E-state index contributed by atoms with van der Waals surface area (Å²) in [7, 11) is 0. The molecule has 0 radical (unpaired) electrons. The van der Waals surface area contributed by atoms with E-state index in [1.54, 1.807) is 12.5 Å². The number of rotatable bonds is 5. The lowest BCUT2D eigenvalue weighted by Crippen LogP contribution is -2.13. The van der Waals surface area contributed by atoms with Crippen LogP contribution < -0.4 is 4.74 Å². The van der Waals surface area contributed by atoms with E-state index < -0.39 is 0 Å². The number of para-hydroxylation sites is 1. The second kappa shape index (κ2) is 8.91. The van der Waals surface area contributed by atoms with Crippen molar-refractivity contribution in [3.63, 3.8) is 0 Å². The average molecular weight is 423 g/mol. The molecule has 3 aromatic rings. The Morgan fingerprint density at radius 3 is 2.58 bits per heavy atom. The lowest BCUT2D eigenvalue weighted by Gasteiger charge is -2.23. The summed E-state index contributed by atoms with van der Waals surface area (Å²) in [5.74, 6) is 0.744. The second-order valence-corrected chi connectivity index (χ2v) is 8.22. The fraction of sp³-hybridized carbons (Fsp3) is 0.158. The van der Waals surface area contributed by atoms with Gasteiger partial charge in [0.2, 0.25) is 4.38 Å². The third-order valence-electron chi connectivity index (χ3n) is 3.77. The van der Waals surface area contributed by atoms with Crippen molar-refractivity contribution >= 4 is 51.6 Å². The Labute approximate surface area is 172 Å². The van der Waals surface area contributed by atoms with Crippen LogP contribution in [-0.4, -0.2) is 13.9 Å². The number of aryl methyl sites for hydroxylation is 1. The molecule has 26 heavy (non-hydrogen) atoms. The number of ether oxygens (including phenoxy) is 1. The summed E-state index contributed by atoms with van der Waals surface area (Å²) in [4.78, 5) is 4.08. The Bertz CT molecular complexity index is 870. The van der Waals surface area contributed by atoms with Crippen LogP contribution in [0.2, 0.25) is 5.02 Å². The molecule has 0 saturated carbocycles. The Morgan fingerprint density at radius 1 is 1.19 bits per heavy atom. The number of hydrogen-bond donors (Lipinski definition) is 0. The van der Waals surface area contributed by atoms with Gasteiger partial charge in [-0.1, -0.05) is 65.3 Å². The maximum absolute atomic E-state index is 6.72. The first-order chi connectivity index (χ1) is 12.5. The topological polar surface area (TPSA) is 27.1 Å². The van der Waals surface area contributed by atoms with Crippen LogP contribution >= 0.6 is 47.2 Å². The largest absolute Gasteiger partial charge is 0.440 e. The van der Waals surface area contributed by atoms with Gasteiger partial charge in [-0.25, -0.2) is 4.98 Å². The number of halogens is 2. The highest BCUT2D eigenvalue weighted by molar-refractivity contribution is 8.22. The highest BCUT2D eigenvalue weighted by Gasteiger charge is 2.26. The summed E-state index contributed by atoms with van der Waals surface area (Å²) in [6.45, 7) is 1.98. The molecule has 0 spiro atoms. The quantitative estimate of drug-likeness (QED) is 0.350. The molecule has 3 nitrogen and oxygen atoms in total. The molecule has 7 heteroatoms. The zero-order valence-electron chi connectivity index (χ0n) is 13.9. The number of thioether (sulfide) groups is 1. The van der Waals surface area contributed by atoms with E-state index in [1.807, 2.05) is 66.2 Å². The summed E-state index contributed by atoms with van der Waals surface area (Å²) in [6.07, 6.45) is 5.21. The molecule has 0 fully saturated rings. The van der Waals surface area contributed by atoms with Gasteiger partial charge in [0, 0.05) is 17.4 Å². The van der Waals surface area contributed by atoms with Crippen LogP contribution in [0, 0.1) is 6.92 Å². The van der Waals surface area contributed by atoms with Gasteiger partial charge in [-0.15, -0.1) is 0 Å². The van der Waals surface area contributed by atoms with Crippen molar-refractivity contribution < 1.29 is 4.74 Å². The minimum Gasteiger partial charge on any atom is -0.440 e. The standard InChI is InChI=1S/C19H16Cl2N2OS2/c1-13-4-2-3-5-16(13)24-19(25)26-17(14-6-8-15(20)9-7-14)18(21)23-11-10-22-12-23/h2-12,17-18H,1H3. The minimum absolute atomic E-state index is 0.167. The van der Waals surface area contributed by atoms with Crippen molar-refractivity contribution in [2.45, 2.75) is 17.7 Å². The van der Waals surface area contributed by atoms with Gasteiger partial charge >= 0.3 is 0 Å². The zero-order chi connectivity index (χ0) is 18.5. The molecule has 0 saturated heterocycles. The molecule has 0 aliphatic carbocycles. The highest BCUT2D eigenvalue weighted by Crippen LogP contribution is 2.42. The number of nitrogens with zero attached hydrogens (tertiary/aromatic N) is 2. The van der Waals surface area contributed by atoms with E-state index in [0.29, 0.717) is 9.41 Å². The molecule has 0 amide bonds. The molecule has 0 aliphatic heterocycles. The Hall–Kier alpha value is -1.53. The predicted molar refractivity (Wildman–Crippen MR) is 113 cm³/mol. The molecular formula is C19H16Cl2N2OS2. The molecule has 0 N–H and O–H groups in total. The number of imidazole rings is 1. The Morgan fingerprint density at radius 2 is 1.92 bits per heavy atom. The minimum atomic E-state index is -0.387. The number of hydrogen-bond acceptors (Lipinski definition) is 4. The second-order valence-electron chi connectivity index (χ2n) is 5.59. The molecule has 2 unspecified atom stereocenters. The van der Waals surface area contributed by atoms with Crippen molar-refractivity contribution in [2.75, 3.05) is 0 Å². The van der Waals surface area contributed by atoms with E-state index in [1.165, 1.54) is 11.8 Å². The van der Waals surface area contributed by atoms with E-state index in [0.717, 1.165) is 16.9 Å². The van der Waals surface area contributed by atoms with Gasteiger partial charge in [0.25, 0.3) is 0 Å². The highest BCUT2D eigenvalue weighted by atomic mass is 35.5. The van der Waals surface area contributed by atoms with Crippen molar-refractivity contribution in [1.82, 2.24) is 9.55 Å². The molecule has 1 heterocycles. The van der Waals surface area contributed by atoms with Crippen LogP contribution in [0.15, 0.2) is 67.3 Å². The maximum atomic E-state index is 6.72. The molecule has 0 bridgehead atoms. The van der Waals surface area contributed by atoms with Crippen LogP contribution in [0.5, 0.6) is 5.75 Å². The smallest absolute Gasteiger partial charge is 0.226 e. The van der Waals surface area contributed by atoms with E-state index in [-0.39, 0.29) is 10.8 Å². The molecule has 2 atom stereocenters. The van der Waals surface area contributed by atoms with E-state index in [9.17, 15) is 0 Å². The lowest BCUT2D eigenvalue weighted by atomic mass is 10.1. The Balaban J connectivity index is 1.82. The van der Waals surface area contributed by atoms with Crippen LogP contribution in [0.4, 0.5) is 0 Å². The summed E-state index contributed by atoms with van der Waals surface area (Å²) in [6, 6.07) is 15.3. The molecule has 2 aromatic carbocycles. The normalized spacial score (nSPS) is 13.2. The fourth-order valence-electron chi connectivity index (χ4n) is 2.40. The molecule has 3 rings (SSSR count). The third kappa shape index (κ3) is 4.80. The lowest BCUT2D eigenvalue weighted by molar-refractivity contribution is 0.572. The first kappa shape index (κ1) is 19.2. The average Bonchev–Trinajstić information content (AvgIpc) is 3.17. The van der Waals surface area contributed by atoms with E-state index >= 15 is 0 Å². The zero-order valence-corrected chi connectivity index (χ0v) is 17.0. The maximum Gasteiger partial charge on any atom is 0.226 e. The number of aromatic nitrogens is 2. The first-order valence-electron chi connectivity index (χ1n) is 7.85. The third-order valence-corrected chi connectivity index (χ3v) is 6.08. The van der Waals surface area contributed by atoms with Gasteiger partial charge in [0.15, 0.2) is 0 Å². The van der Waals surface area contributed by atoms with E-state index in [4.69, 9.17) is 40.2 Å². The van der Waals surface area contributed by atoms with Crippen molar-refractivity contribution in [3.05, 3.63) is 83.4 Å². The van der Waals surface area contributed by atoms with Gasteiger partial charge in [-0.2, -0.15) is 0 Å². The van der Waals surface area contributed by atoms with Crippen LogP contribution in [-0.2, 0) is 0 Å². The molecule has 1 aromatic heterocycles. The summed E-state index contributed by atoms with van der Waals surface area (Å²) < 4.78 is 8.12. The van der Waals surface area contributed by atoms with Crippen LogP contribution in [0.1, 0.15) is 21.9 Å². The molecular weight excluding hydrogens is 407 g/mol. The van der Waals surface area contributed by atoms with E-state index in [2.05, 4.69) is 4.98 Å². The Kier molecular flexibility index (Phi) is 6.59. The number of benzene rings is 2. The van der Waals surface area contributed by atoms with Gasteiger partial charge in [-0.3, -0.25) is 0 Å². The molecule has 0 aliphatic rings. The summed E-state index contributed by atoms with van der Waals surface area (Å²) in [5.41, 5.74) is 1.64. The predicted octanol–water partition coefficient (Wildman–Crippen LogP) is 6.42. The van der Waals surface area contributed by atoms with Crippen LogP contribution in [0.3, 0.4) is 0 Å². The SMILES string of the molecule is Cc1ccccc1OC(=S)SC(c1ccc(Cl)cc1)C(Cl)n1ccnc1. The van der Waals surface area contributed by atoms with Crippen molar-refractivity contribution in [1.29, 1.82) is 0 Å². The summed E-state index contributed by atoms with van der Waals surface area (Å²) in [5, 5.41) is 0.504. The van der Waals surface area contributed by atoms with Gasteiger partial charge in [0.05, 0.1) is 11.6 Å². The van der Waals surface area contributed by atoms with Gasteiger partial charge in [0.1, 0.15) is 11.3 Å². The van der Waals surface area contributed by atoms with Crippen LogP contribution in [0.25, 0.3) is 0 Å². The monoisotopic (exact) mass is 422 g/mol. The van der Waals surface area contributed by atoms with Crippen molar-refractivity contribution in [2.24, 2.45) is 0 Å². The molecule has 134 valence electrons.